The van der Waals surface area contributed by atoms with Crippen LogP contribution >= 0.6 is 0 Å². The lowest BCUT2D eigenvalue weighted by Crippen LogP contribution is -2.40. The molecule has 2 amide bonds. The van der Waals surface area contributed by atoms with Crippen molar-refractivity contribution in [3.8, 4) is 5.69 Å². The molecule has 2 aromatic rings. The van der Waals surface area contributed by atoms with Crippen LogP contribution < -0.4 is 10.6 Å². The average molecular weight is 300 g/mol. The molecule has 6 nitrogen and oxygen atoms in total. The van der Waals surface area contributed by atoms with Crippen molar-refractivity contribution in [2.45, 2.75) is 33.2 Å². The van der Waals surface area contributed by atoms with Crippen molar-refractivity contribution >= 4 is 17.6 Å². The Hall–Kier alpha value is -2.63. The number of hydrogen-bond donors (Lipinski definition) is 2. The number of amides is 2. The van der Waals surface area contributed by atoms with Crippen molar-refractivity contribution in [2.75, 3.05) is 5.32 Å². The topological polar surface area (TPSA) is 76.0 Å². The highest BCUT2D eigenvalue weighted by atomic mass is 16.2. The van der Waals surface area contributed by atoms with E-state index in [1.54, 1.807) is 10.7 Å². The molecule has 22 heavy (non-hydrogen) atoms. The monoisotopic (exact) mass is 300 g/mol. The number of anilines is 1. The van der Waals surface area contributed by atoms with Gasteiger partial charge in [0.25, 0.3) is 5.91 Å². The molecule has 1 aromatic heterocycles. The average Bonchev–Trinajstić information content (AvgIpc) is 2.81. The summed E-state index contributed by atoms with van der Waals surface area (Å²) in [4.78, 5) is 23.6. The van der Waals surface area contributed by atoms with Gasteiger partial charge in [-0.25, -0.2) is 4.68 Å². The Labute approximate surface area is 129 Å². The fourth-order valence-corrected chi connectivity index (χ4v) is 1.93. The van der Waals surface area contributed by atoms with Crippen LogP contribution in [0.3, 0.4) is 0 Å². The van der Waals surface area contributed by atoms with Gasteiger partial charge in [-0.2, -0.15) is 5.10 Å². The van der Waals surface area contributed by atoms with E-state index < -0.39 is 0 Å². The van der Waals surface area contributed by atoms with E-state index in [0.29, 0.717) is 5.82 Å². The van der Waals surface area contributed by atoms with Gasteiger partial charge < -0.3 is 10.6 Å². The largest absolute Gasteiger partial charge is 0.346 e. The van der Waals surface area contributed by atoms with E-state index in [2.05, 4.69) is 15.7 Å². The zero-order valence-electron chi connectivity index (χ0n) is 13.2. The van der Waals surface area contributed by atoms with Gasteiger partial charge in [0.15, 0.2) is 5.69 Å². The van der Waals surface area contributed by atoms with E-state index in [-0.39, 0.29) is 23.0 Å². The fourth-order valence-electron chi connectivity index (χ4n) is 1.93. The quantitative estimate of drug-likeness (QED) is 0.913. The number of rotatable bonds is 3. The van der Waals surface area contributed by atoms with Crippen molar-refractivity contribution in [2.24, 2.45) is 0 Å². The van der Waals surface area contributed by atoms with Gasteiger partial charge in [0.05, 0.1) is 5.69 Å². The molecule has 0 aliphatic rings. The highest BCUT2D eigenvalue weighted by molar-refractivity contribution is 5.95. The standard InChI is InChI=1S/C16H20N4O2/c1-11(21)17-14-10-13(15(22)18-16(2,3)4)19-20(14)12-8-6-5-7-9-12/h5-10H,1-4H3,(H,17,21)(H,18,22). The normalized spacial score (nSPS) is 11.1. The van der Waals surface area contributed by atoms with Crippen LogP contribution in [0.2, 0.25) is 0 Å². The maximum absolute atomic E-state index is 12.2. The van der Waals surface area contributed by atoms with Crippen LogP contribution in [0.25, 0.3) is 5.69 Å². The summed E-state index contributed by atoms with van der Waals surface area (Å²) in [5.74, 6) is -0.0496. The van der Waals surface area contributed by atoms with Crippen molar-refractivity contribution in [1.82, 2.24) is 15.1 Å². The molecule has 2 rings (SSSR count). The summed E-state index contributed by atoms with van der Waals surface area (Å²) in [5.41, 5.74) is 0.658. The summed E-state index contributed by atoms with van der Waals surface area (Å²) < 4.78 is 1.54. The molecule has 1 heterocycles. The van der Waals surface area contributed by atoms with Crippen LogP contribution in [-0.4, -0.2) is 27.1 Å². The molecule has 0 saturated carbocycles. The summed E-state index contributed by atoms with van der Waals surface area (Å²) in [7, 11) is 0. The number of carbonyl (C=O) groups excluding carboxylic acids is 2. The molecule has 0 spiro atoms. The summed E-state index contributed by atoms with van der Waals surface area (Å²) in [6.07, 6.45) is 0. The molecule has 0 atom stereocenters. The lowest BCUT2D eigenvalue weighted by atomic mass is 10.1. The first-order valence-electron chi connectivity index (χ1n) is 7.02. The third kappa shape index (κ3) is 3.94. The molecule has 0 unspecified atom stereocenters. The Morgan fingerprint density at radius 3 is 2.32 bits per heavy atom. The molecule has 0 bridgehead atoms. The van der Waals surface area contributed by atoms with Gasteiger partial charge in [-0.05, 0) is 32.9 Å². The van der Waals surface area contributed by atoms with Crippen LogP contribution in [0.1, 0.15) is 38.2 Å². The van der Waals surface area contributed by atoms with Crippen molar-refractivity contribution in [3.63, 3.8) is 0 Å². The van der Waals surface area contributed by atoms with Crippen LogP contribution in [0.15, 0.2) is 36.4 Å². The summed E-state index contributed by atoms with van der Waals surface area (Å²) in [5, 5.41) is 9.85. The number of hydrogen-bond acceptors (Lipinski definition) is 3. The van der Waals surface area contributed by atoms with E-state index in [9.17, 15) is 9.59 Å². The predicted octanol–water partition coefficient (Wildman–Crippen LogP) is 2.36. The van der Waals surface area contributed by atoms with Gasteiger partial charge in [-0.1, -0.05) is 18.2 Å². The molecule has 0 aliphatic heterocycles. The van der Waals surface area contributed by atoms with Crippen molar-refractivity contribution in [1.29, 1.82) is 0 Å². The second-order valence-electron chi connectivity index (χ2n) is 6.05. The van der Waals surface area contributed by atoms with Gasteiger partial charge in [-0.15, -0.1) is 0 Å². The Kier molecular flexibility index (Phi) is 4.30. The lowest BCUT2D eigenvalue weighted by molar-refractivity contribution is -0.114. The summed E-state index contributed by atoms with van der Waals surface area (Å²) in [6.45, 7) is 7.10. The first-order valence-corrected chi connectivity index (χ1v) is 7.02. The summed E-state index contributed by atoms with van der Waals surface area (Å²) in [6, 6.07) is 10.9. The highest BCUT2D eigenvalue weighted by Crippen LogP contribution is 2.17. The molecule has 6 heteroatoms. The van der Waals surface area contributed by atoms with E-state index >= 15 is 0 Å². The van der Waals surface area contributed by atoms with Gasteiger partial charge in [0, 0.05) is 18.5 Å². The minimum absolute atomic E-state index is 0.222. The summed E-state index contributed by atoms with van der Waals surface area (Å²) >= 11 is 0. The zero-order valence-corrected chi connectivity index (χ0v) is 13.2. The first kappa shape index (κ1) is 15.8. The van der Waals surface area contributed by atoms with Crippen molar-refractivity contribution < 1.29 is 9.59 Å². The minimum atomic E-state index is -0.359. The van der Waals surface area contributed by atoms with E-state index in [0.717, 1.165) is 5.69 Å². The second-order valence-corrected chi connectivity index (χ2v) is 6.05. The molecular weight excluding hydrogens is 280 g/mol. The van der Waals surface area contributed by atoms with E-state index in [4.69, 9.17) is 0 Å². The van der Waals surface area contributed by atoms with E-state index in [1.807, 2.05) is 51.1 Å². The third-order valence-electron chi connectivity index (χ3n) is 2.74. The third-order valence-corrected chi connectivity index (χ3v) is 2.74. The molecule has 2 N–H and O–H groups in total. The Morgan fingerprint density at radius 1 is 1.14 bits per heavy atom. The number of para-hydroxylation sites is 1. The van der Waals surface area contributed by atoms with Crippen molar-refractivity contribution in [3.05, 3.63) is 42.1 Å². The molecule has 1 aromatic carbocycles. The van der Waals surface area contributed by atoms with E-state index in [1.165, 1.54) is 6.92 Å². The van der Waals surface area contributed by atoms with Crippen LogP contribution in [0.4, 0.5) is 5.82 Å². The van der Waals surface area contributed by atoms with Gasteiger partial charge in [0.2, 0.25) is 5.91 Å². The number of benzene rings is 1. The number of nitrogens with zero attached hydrogens (tertiary/aromatic N) is 2. The maximum Gasteiger partial charge on any atom is 0.272 e. The fraction of sp³-hybridized carbons (Fsp3) is 0.312. The molecule has 0 fully saturated rings. The SMILES string of the molecule is CC(=O)Nc1cc(C(=O)NC(C)(C)C)nn1-c1ccccc1. The van der Waals surface area contributed by atoms with Gasteiger partial charge >= 0.3 is 0 Å². The van der Waals surface area contributed by atoms with Gasteiger partial charge in [-0.3, -0.25) is 9.59 Å². The molecule has 0 radical (unpaired) electrons. The van der Waals surface area contributed by atoms with Gasteiger partial charge in [0.1, 0.15) is 5.82 Å². The number of aromatic nitrogens is 2. The van der Waals surface area contributed by atoms with Crippen LogP contribution in [-0.2, 0) is 4.79 Å². The van der Waals surface area contributed by atoms with Crippen LogP contribution in [0.5, 0.6) is 0 Å². The molecule has 0 saturated heterocycles. The Balaban J connectivity index is 2.40. The lowest BCUT2D eigenvalue weighted by Gasteiger charge is -2.19. The smallest absolute Gasteiger partial charge is 0.272 e. The number of nitrogens with one attached hydrogen (secondary N) is 2. The van der Waals surface area contributed by atoms with Crippen LogP contribution in [0, 0.1) is 0 Å². The number of carbonyl (C=O) groups is 2. The Bertz CT molecular complexity index is 684. The molecular formula is C16H20N4O2. The maximum atomic E-state index is 12.2. The highest BCUT2D eigenvalue weighted by Gasteiger charge is 2.20. The second kappa shape index (κ2) is 6.01. The zero-order chi connectivity index (χ0) is 16.3. The minimum Gasteiger partial charge on any atom is -0.346 e. The predicted molar refractivity (Wildman–Crippen MR) is 85.1 cm³/mol. The molecule has 0 aliphatic carbocycles. The molecule has 116 valence electrons. The Morgan fingerprint density at radius 2 is 1.77 bits per heavy atom. The first-order chi connectivity index (χ1) is 10.3.